The van der Waals surface area contributed by atoms with E-state index < -0.39 is 11.8 Å². The van der Waals surface area contributed by atoms with Crippen LogP contribution in [0.4, 0.5) is 4.39 Å². The van der Waals surface area contributed by atoms with Crippen LogP contribution in [0.15, 0.2) is 30.3 Å². The Hall–Kier alpha value is -1.87. The zero-order valence-corrected chi connectivity index (χ0v) is 11.3. The Labute approximate surface area is 115 Å². The Balaban J connectivity index is 2.63. The number of rotatable bonds is 2. The summed E-state index contributed by atoms with van der Waals surface area (Å²) in [7, 11) is 0. The van der Waals surface area contributed by atoms with Crippen LogP contribution in [0.25, 0.3) is 11.1 Å². The second kappa shape index (κ2) is 5.02. The number of carboxylic acids is 1. The molecule has 0 aliphatic rings. The van der Waals surface area contributed by atoms with Gasteiger partial charge in [0.15, 0.2) is 0 Å². The van der Waals surface area contributed by atoms with E-state index >= 15 is 0 Å². The molecule has 0 fully saturated rings. The van der Waals surface area contributed by atoms with E-state index in [-0.39, 0.29) is 5.56 Å². The lowest BCUT2D eigenvalue weighted by molar-refractivity contribution is 0.0692. The van der Waals surface area contributed by atoms with E-state index in [9.17, 15) is 9.18 Å². The number of hydrogen-bond donors (Lipinski definition) is 1. The van der Waals surface area contributed by atoms with Gasteiger partial charge in [-0.3, -0.25) is 0 Å². The smallest absolute Gasteiger partial charge is 0.338 e. The SMILES string of the molecule is Cc1cc(-c2ccc(F)c(C(=O)O)c2)c(C)cc1Cl. The van der Waals surface area contributed by atoms with Gasteiger partial charge >= 0.3 is 5.97 Å². The van der Waals surface area contributed by atoms with Gasteiger partial charge in [0.1, 0.15) is 5.82 Å². The number of benzene rings is 2. The van der Waals surface area contributed by atoms with E-state index in [1.54, 1.807) is 6.07 Å². The van der Waals surface area contributed by atoms with Gasteiger partial charge in [-0.05, 0) is 60.4 Å². The van der Waals surface area contributed by atoms with Gasteiger partial charge in [-0.15, -0.1) is 0 Å². The van der Waals surface area contributed by atoms with Crippen LogP contribution in [0.1, 0.15) is 21.5 Å². The minimum Gasteiger partial charge on any atom is -0.478 e. The molecule has 4 heteroatoms. The maximum atomic E-state index is 13.4. The molecule has 0 saturated heterocycles. The van der Waals surface area contributed by atoms with Gasteiger partial charge in [-0.25, -0.2) is 9.18 Å². The third-order valence-corrected chi connectivity index (χ3v) is 3.42. The average Bonchev–Trinajstić information content (AvgIpc) is 2.34. The molecule has 0 amide bonds. The van der Waals surface area contributed by atoms with Crippen LogP contribution in [-0.4, -0.2) is 11.1 Å². The summed E-state index contributed by atoms with van der Waals surface area (Å²) in [6.07, 6.45) is 0. The summed E-state index contributed by atoms with van der Waals surface area (Å²) in [6.45, 7) is 3.75. The zero-order valence-electron chi connectivity index (χ0n) is 10.5. The Bertz CT molecular complexity index is 665. The number of halogens is 2. The molecular formula is C15H12ClFO2. The molecule has 2 aromatic rings. The molecule has 98 valence electrons. The number of carbonyl (C=O) groups is 1. The topological polar surface area (TPSA) is 37.3 Å². The van der Waals surface area contributed by atoms with Crippen molar-refractivity contribution >= 4 is 17.6 Å². The molecule has 0 heterocycles. The number of aryl methyl sites for hydroxylation is 2. The predicted molar refractivity (Wildman–Crippen MR) is 73.3 cm³/mol. The van der Waals surface area contributed by atoms with Crippen molar-refractivity contribution in [3.8, 4) is 11.1 Å². The lowest BCUT2D eigenvalue weighted by Gasteiger charge is -2.10. The first-order chi connectivity index (χ1) is 8.90. The van der Waals surface area contributed by atoms with Crippen molar-refractivity contribution < 1.29 is 14.3 Å². The molecule has 0 aliphatic heterocycles. The van der Waals surface area contributed by atoms with Crippen LogP contribution in [0, 0.1) is 19.7 Å². The van der Waals surface area contributed by atoms with Crippen LogP contribution in [0.5, 0.6) is 0 Å². The first-order valence-electron chi connectivity index (χ1n) is 5.70. The van der Waals surface area contributed by atoms with Crippen LogP contribution < -0.4 is 0 Å². The lowest BCUT2D eigenvalue weighted by atomic mass is 9.97. The molecule has 2 nitrogen and oxygen atoms in total. The molecule has 19 heavy (non-hydrogen) atoms. The van der Waals surface area contributed by atoms with E-state index in [1.165, 1.54) is 12.1 Å². The van der Waals surface area contributed by atoms with Crippen molar-refractivity contribution in [2.75, 3.05) is 0 Å². The molecule has 2 rings (SSSR count). The van der Waals surface area contributed by atoms with Crippen molar-refractivity contribution in [1.29, 1.82) is 0 Å². The standard InChI is InChI=1S/C15H12ClFO2/c1-8-6-13(16)9(2)5-11(8)10-3-4-14(17)12(7-10)15(18)19/h3-7H,1-2H3,(H,18,19). The summed E-state index contributed by atoms with van der Waals surface area (Å²) >= 11 is 6.03. The van der Waals surface area contributed by atoms with E-state index in [0.29, 0.717) is 10.6 Å². The molecule has 0 aliphatic carbocycles. The van der Waals surface area contributed by atoms with Crippen molar-refractivity contribution in [1.82, 2.24) is 0 Å². The number of hydrogen-bond acceptors (Lipinski definition) is 1. The fourth-order valence-electron chi connectivity index (χ4n) is 1.95. The monoisotopic (exact) mass is 278 g/mol. The van der Waals surface area contributed by atoms with Crippen molar-refractivity contribution in [3.63, 3.8) is 0 Å². The fourth-order valence-corrected chi connectivity index (χ4v) is 2.17. The minimum atomic E-state index is -1.28. The van der Waals surface area contributed by atoms with E-state index in [1.807, 2.05) is 26.0 Å². The second-order valence-corrected chi connectivity index (χ2v) is 4.82. The highest BCUT2D eigenvalue weighted by Gasteiger charge is 2.13. The second-order valence-electron chi connectivity index (χ2n) is 4.42. The molecule has 1 N–H and O–H groups in total. The summed E-state index contributed by atoms with van der Waals surface area (Å²) in [4.78, 5) is 11.0. The van der Waals surface area contributed by atoms with Crippen LogP contribution in [-0.2, 0) is 0 Å². The van der Waals surface area contributed by atoms with Gasteiger partial charge < -0.3 is 5.11 Å². The summed E-state index contributed by atoms with van der Waals surface area (Å²) in [5.74, 6) is -2.01. The van der Waals surface area contributed by atoms with Crippen LogP contribution >= 0.6 is 11.6 Å². The highest BCUT2D eigenvalue weighted by Crippen LogP contribution is 2.29. The first-order valence-corrected chi connectivity index (χ1v) is 6.08. The fraction of sp³-hybridized carbons (Fsp3) is 0.133. The summed E-state index contributed by atoms with van der Waals surface area (Å²) in [6, 6.07) is 7.76. The van der Waals surface area contributed by atoms with E-state index in [2.05, 4.69) is 0 Å². The number of aromatic carboxylic acids is 1. The Morgan fingerprint density at radius 3 is 2.47 bits per heavy atom. The maximum Gasteiger partial charge on any atom is 0.338 e. The van der Waals surface area contributed by atoms with Gasteiger partial charge in [0.25, 0.3) is 0 Å². The lowest BCUT2D eigenvalue weighted by Crippen LogP contribution is -2.01. The summed E-state index contributed by atoms with van der Waals surface area (Å²) in [5, 5.41) is 9.60. The third kappa shape index (κ3) is 2.61. The van der Waals surface area contributed by atoms with E-state index in [4.69, 9.17) is 16.7 Å². The number of carboxylic acid groups (broad SMARTS) is 1. The van der Waals surface area contributed by atoms with Crippen molar-refractivity contribution in [2.45, 2.75) is 13.8 Å². The summed E-state index contributed by atoms with van der Waals surface area (Å²) in [5.41, 5.74) is 2.99. The maximum absolute atomic E-state index is 13.4. The van der Waals surface area contributed by atoms with Gasteiger partial charge in [0.2, 0.25) is 0 Å². The highest BCUT2D eigenvalue weighted by atomic mass is 35.5. The highest BCUT2D eigenvalue weighted by molar-refractivity contribution is 6.31. The van der Waals surface area contributed by atoms with Crippen LogP contribution in [0.3, 0.4) is 0 Å². The predicted octanol–water partition coefficient (Wildman–Crippen LogP) is 4.46. The molecule has 0 aromatic heterocycles. The molecular weight excluding hydrogens is 267 g/mol. The normalized spacial score (nSPS) is 10.5. The Morgan fingerprint density at radius 1 is 1.16 bits per heavy atom. The molecule has 0 unspecified atom stereocenters. The van der Waals surface area contributed by atoms with Gasteiger partial charge in [-0.2, -0.15) is 0 Å². The molecule has 0 saturated carbocycles. The van der Waals surface area contributed by atoms with E-state index in [0.717, 1.165) is 16.7 Å². The quantitative estimate of drug-likeness (QED) is 0.880. The van der Waals surface area contributed by atoms with Crippen molar-refractivity contribution in [2.24, 2.45) is 0 Å². The third-order valence-electron chi connectivity index (χ3n) is 3.01. The first kappa shape index (κ1) is 13.6. The zero-order chi connectivity index (χ0) is 14.2. The van der Waals surface area contributed by atoms with Gasteiger partial charge in [-0.1, -0.05) is 17.7 Å². The van der Waals surface area contributed by atoms with Gasteiger partial charge in [0.05, 0.1) is 5.56 Å². The largest absolute Gasteiger partial charge is 0.478 e. The molecule has 0 atom stereocenters. The Kier molecular flexibility index (Phi) is 3.58. The minimum absolute atomic E-state index is 0.329. The Morgan fingerprint density at radius 2 is 1.84 bits per heavy atom. The average molecular weight is 279 g/mol. The molecule has 0 radical (unpaired) electrons. The molecule has 2 aromatic carbocycles. The van der Waals surface area contributed by atoms with Crippen LogP contribution in [0.2, 0.25) is 5.02 Å². The summed E-state index contributed by atoms with van der Waals surface area (Å²) < 4.78 is 13.4. The van der Waals surface area contributed by atoms with Crippen molar-refractivity contribution in [3.05, 3.63) is 57.9 Å². The molecule has 0 spiro atoms. The van der Waals surface area contributed by atoms with Gasteiger partial charge in [0, 0.05) is 5.02 Å². The molecule has 0 bridgehead atoms.